The van der Waals surface area contributed by atoms with Gasteiger partial charge in [0, 0.05) is 32.6 Å². The van der Waals surface area contributed by atoms with E-state index >= 15 is 0 Å². The average molecular weight is 358 g/mol. The van der Waals surface area contributed by atoms with Crippen LogP contribution in [0.3, 0.4) is 0 Å². The fourth-order valence-electron chi connectivity index (χ4n) is 3.16. The van der Waals surface area contributed by atoms with Crippen molar-refractivity contribution in [2.75, 3.05) is 18.5 Å². The molecule has 3 rings (SSSR count). The second-order valence-corrected chi connectivity index (χ2v) is 6.68. The second kappa shape index (κ2) is 7.23. The van der Waals surface area contributed by atoms with Gasteiger partial charge in [-0.3, -0.25) is 9.59 Å². The maximum atomic E-state index is 14.0. The summed E-state index contributed by atoms with van der Waals surface area (Å²) in [5.41, 5.74) is 2.14. The van der Waals surface area contributed by atoms with Crippen LogP contribution in [0.1, 0.15) is 17.5 Å². The number of nitrogens with zero attached hydrogens (tertiary/aromatic N) is 2. The summed E-state index contributed by atoms with van der Waals surface area (Å²) < 4.78 is 27.0. The molecular weight excluding hydrogens is 338 g/mol. The third kappa shape index (κ3) is 3.74. The molecule has 2 aromatic rings. The van der Waals surface area contributed by atoms with Crippen LogP contribution in [0.25, 0.3) is 0 Å². The monoisotopic (exact) mass is 358 g/mol. The molecule has 26 heavy (non-hydrogen) atoms. The van der Waals surface area contributed by atoms with Gasteiger partial charge in [0.1, 0.15) is 11.6 Å². The van der Waals surface area contributed by atoms with Gasteiger partial charge in [0.2, 0.25) is 11.8 Å². The summed E-state index contributed by atoms with van der Waals surface area (Å²) in [5, 5.41) is 0. The lowest BCUT2D eigenvalue weighted by atomic mass is 10.1. The van der Waals surface area contributed by atoms with Gasteiger partial charge in [-0.2, -0.15) is 0 Å². The van der Waals surface area contributed by atoms with Gasteiger partial charge in [-0.1, -0.05) is 29.8 Å². The van der Waals surface area contributed by atoms with E-state index in [2.05, 4.69) is 0 Å². The quantitative estimate of drug-likeness (QED) is 0.842. The van der Waals surface area contributed by atoms with E-state index in [1.165, 1.54) is 11.0 Å². The highest BCUT2D eigenvalue weighted by Crippen LogP contribution is 2.29. The molecule has 2 aromatic carbocycles. The SMILES string of the molecule is Cc1ccc(CN(C)C(=O)C2CC(=O)N(c3ccc(F)cc3F)C2)cc1. The van der Waals surface area contributed by atoms with E-state index in [9.17, 15) is 18.4 Å². The molecule has 0 aliphatic carbocycles. The van der Waals surface area contributed by atoms with Gasteiger partial charge in [-0.25, -0.2) is 8.78 Å². The smallest absolute Gasteiger partial charge is 0.228 e. The first-order chi connectivity index (χ1) is 12.3. The predicted octanol–water partition coefficient (Wildman–Crippen LogP) is 3.28. The van der Waals surface area contributed by atoms with Gasteiger partial charge in [0.05, 0.1) is 11.6 Å². The van der Waals surface area contributed by atoms with Crippen molar-refractivity contribution in [1.29, 1.82) is 0 Å². The highest BCUT2D eigenvalue weighted by molar-refractivity contribution is 6.00. The molecule has 0 N–H and O–H groups in total. The normalized spacial score (nSPS) is 16.8. The largest absolute Gasteiger partial charge is 0.341 e. The van der Waals surface area contributed by atoms with Crippen molar-refractivity contribution >= 4 is 17.5 Å². The van der Waals surface area contributed by atoms with Crippen molar-refractivity contribution in [1.82, 2.24) is 4.90 Å². The van der Waals surface area contributed by atoms with E-state index in [1.807, 2.05) is 31.2 Å². The van der Waals surface area contributed by atoms with Crippen LogP contribution in [0, 0.1) is 24.5 Å². The van der Waals surface area contributed by atoms with Gasteiger partial charge < -0.3 is 9.80 Å². The third-order valence-electron chi connectivity index (χ3n) is 4.59. The van der Waals surface area contributed by atoms with Crippen LogP contribution in [-0.2, 0) is 16.1 Å². The van der Waals surface area contributed by atoms with Crippen LogP contribution in [0.5, 0.6) is 0 Å². The number of rotatable bonds is 4. The number of halogens is 2. The molecule has 1 aliphatic rings. The first kappa shape index (κ1) is 18.0. The third-order valence-corrected chi connectivity index (χ3v) is 4.59. The first-order valence-corrected chi connectivity index (χ1v) is 8.41. The van der Waals surface area contributed by atoms with Crippen molar-refractivity contribution in [3.8, 4) is 0 Å². The van der Waals surface area contributed by atoms with Crippen LogP contribution in [0.4, 0.5) is 14.5 Å². The number of hydrogen-bond acceptors (Lipinski definition) is 2. The number of carbonyl (C=O) groups excluding carboxylic acids is 2. The van der Waals surface area contributed by atoms with Crippen LogP contribution >= 0.6 is 0 Å². The van der Waals surface area contributed by atoms with Gasteiger partial charge in [0.15, 0.2) is 0 Å². The standard InChI is InChI=1S/C20H20F2N2O2/c1-13-3-5-14(6-4-13)11-23(2)20(26)15-9-19(25)24(12-15)18-8-7-16(21)10-17(18)22/h3-8,10,15H,9,11-12H2,1-2H3. The average Bonchev–Trinajstić information content (AvgIpc) is 2.98. The molecule has 0 saturated carbocycles. The number of anilines is 1. The zero-order valence-electron chi connectivity index (χ0n) is 14.7. The van der Waals surface area contributed by atoms with E-state index in [4.69, 9.17) is 0 Å². The van der Waals surface area contributed by atoms with E-state index < -0.39 is 17.6 Å². The molecule has 0 radical (unpaired) electrons. The highest BCUT2D eigenvalue weighted by atomic mass is 19.1. The Balaban J connectivity index is 1.69. The zero-order valence-corrected chi connectivity index (χ0v) is 14.7. The molecule has 6 heteroatoms. The minimum absolute atomic E-state index is 0.00730. The fraction of sp³-hybridized carbons (Fsp3) is 0.300. The number of carbonyl (C=O) groups is 2. The topological polar surface area (TPSA) is 40.6 Å². The summed E-state index contributed by atoms with van der Waals surface area (Å²) >= 11 is 0. The van der Waals surface area contributed by atoms with E-state index in [0.717, 1.165) is 23.3 Å². The molecule has 4 nitrogen and oxygen atoms in total. The van der Waals surface area contributed by atoms with Gasteiger partial charge in [-0.05, 0) is 24.6 Å². The molecule has 1 fully saturated rings. The number of aryl methyl sites for hydroxylation is 1. The van der Waals surface area contributed by atoms with Gasteiger partial charge in [-0.15, -0.1) is 0 Å². The minimum atomic E-state index is -0.806. The van der Waals surface area contributed by atoms with Crippen LogP contribution in [-0.4, -0.2) is 30.3 Å². The molecule has 1 heterocycles. The summed E-state index contributed by atoms with van der Waals surface area (Å²) in [4.78, 5) is 27.7. The molecular formula is C20H20F2N2O2. The fourth-order valence-corrected chi connectivity index (χ4v) is 3.16. The van der Waals surface area contributed by atoms with Crippen molar-refractivity contribution in [3.63, 3.8) is 0 Å². The molecule has 1 aliphatic heterocycles. The molecule has 1 atom stereocenters. The first-order valence-electron chi connectivity index (χ1n) is 8.41. The molecule has 1 unspecified atom stereocenters. The lowest BCUT2D eigenvalue weighted by Crippen LogP contribution is -2.34. The Labute approximate surface area is 151 Å². The van der Waals surface area contributed by atoms with Crippen LogP contribution in [0.2, 0.25) is 0 Å². The Kier molecular flexibility index (Phi) is 5.02. The Morgan fingerprint density at radius 3 is 2.54 bits per heavy atom. The van der Waals surface area contributed by atoms with Crippen LogP contribution < -0.4 is 4.90 Å². The second-order valence-electron chi connectivity index (χ2n) is 6.68. The van der Waals surface area contributed by atoms with Crippen molar-refractivity contribution < 1.29 is 18.4 Å². The number of amides is 2. The Morgan fingerprint density at radius 1 is 1.19 bits per heavy atom. The molecule has 0 spiro atoms. The Morgan fingerprint density at radius 2 is 1.88 bits per heavy atom. The molecule has 0 aromatic heterocycles. The summed E-state index contributed by atoms with van der Waals surface area (Å²) in [5.74, 6) is -2.55. The summed E-state index contributed by atoms with van der Waals surface area (Å²) in [6.07, 6.45) is 0.0217. The maximum absolute atomic E-state index is 14.0. The zero-order chi connectivity index (χ0) is 18.8. The van der Waals surface area contributed by atoms with E-state index in [-0.39, 0.29) is 30.5 Å². The molecule has 136 valence electrons. The molecule has 1 saturated heterocycles. The highest BCUT2D eigenvalue weighted by Gasteiger charge is 2.37. The molecule has 2 amide bonds. The van der Waals surface area contributed by atoms with Crippen molar-refractivity contribution in [2.24, 2.45) is 5.92 Å². The predicted molar refractivity (Wildman–Crippen MR) is 94.5 cm³/mol. The van der Waals surface area contributed by atoms with Gasteiger partial charge >= 0.3 is 0 Å². The minimum Gasteiger partial charge on any atom is -0.341 e. The van der Waals surface area contributed by atoms with E-state index in [1.54, 1.807) is 11.9 Å². The lowest BCUT2D eigenvalue weighted by Gasteiger charge is -2.22. The number of hydrogen-bond donors (Lipinski definition) is 0. The summed E-state index contributed by atoms with van der Waals surface area (Å²) in [6.45, 7) is 2.53. The van der Waals surface area contributed by atoms with Crippen LogP contribution in [0.15, 0.2) is 42.5 Å². The Hall–Kier alpha value is -2.76. The maximum Gasteiger partial charge on any atom is 0.228 e. The molecule has 0 bridgehead atoms. The van der Waals surface area contributed by atoms with E-state index in [0.29, 0.717) is 6.54 Å². The lowest BCUT2D eigenvalue weighted by molar-refractivity contribution is -0.135. The van der Waals surface area contributed by atoms with Crippen molar-refractivity contribution in [2.45, 2.75) is 19.9 Å². The van der Waals surface area contributed by atoms with Crippen molar-refractivity contribution in [3.05, 3.63) is 65.2 Å². The van der Waals surface area contributed by atoms with Gasteiger partial charge in [0.25, 0.3) is 0 Å². The Bertz CT molecular complexity index is 836. The number of benzene rings is 2. The summed E-state index contributed by atoms with van der Waals surface area (Å²) in [6, 6.07) is 10.9. The summed E-state index contributed by atoms with van der Waals surface area (Å²) in [7, 11) is 1.69.